The van der Waals surface area contributed by atoms with Gasteiger partial charge in [-0.25, -0.2) is 0 Å². The van der Waals surface area contributed by atoms with Crippen molar-refractivity contribution in [3.63, 3.8) is 0 Å². The minimum absolute atomic E-state index is 0.0350. The van der Waals surface area contributed by atoms with Crippen LogP contribution in [0.2, 0.25) is 0 Å². The van der Waals surface area contributed by atoms with E-state index in [4.69, 9.17) is 4.74 Å². The van der Waals surface area contributed by atoms with Crippen molar-refractivity contribution in [2.24, 2.45) is 0 Å². The van der Waals surface area contributed by atoms with Crippen molar-refractivity contribution in [1.29, 1.82) is 0 Å². The number of rotatable bonds is 6. The maximum absolute atomic E-state index is 13.0. The smallest absolute Gasteiger partial charge is 0.253 e. The van der Waals surface area contributed by atoms with Crippen LogP contribution in [0.1, 0.15) is 42.1 Å². The molecule has 0 N–H and O–H groups in total. The van der Waals surface area contributed by atoms with Crippen LogP contribution >= 0.6 is 0 Å². The number of carbonyl (C=O) groups excluding carboxylic acids is 1. The fourth-order valence-electron chi connectivity index (χ4n) is 4.51. The van der Waals surface area contributed by atoms with E-state index in [1.54, 1.807) is 4.90 Å². The first-order chi connectivity index (χ1) is 14.6. The molecule has 2 aliphatic rings. The van der Waals surface area contributed by atoms with E-state index in [0.29, 0.717) is 6.54 Å². The van der Waals surface area contributed by atoms with Crippen LogP contribution in [0.3, 0.4) is 0 Å². The Bertz CT molecular complexity index is 846. The summed E-state index contributed by atoms with van der Waals surface area (Å²) in [7, 11) is 1.87. The molecule has 5 nitrogen and oxygen atoms in total. The number of carbonyl (C=O) groups is 1. The van der Waals surface area contributed by atoms with Gasteiger partial charge in [0.1, 0.15) is 11.9 Å². The zero-order chi connectivity index (χ0) is 20.9. The van der Waals surface area contributed by atoms with Crippen LogP contribution in [0.15, 0.2) is 48.5 Å². The number of fused-ring (bicyclic) bond motifs is 1. The summed E-state index contributed by atoms with van der Waals surface area (Å²) >= 11 is 0. The Morgan fingerprint density at radius 3 is 2.53 bits per heavy atom. The Kier molecular flexibility index (Phi) is 6.58. The fraction of sp³-hybridized carbons (Fsp3) is 0.480. The van der Waals surface area contributed by atoms with Gasteiger partial charge in [0.2, 0.25) is 0 Å². The molecule has 1 unspecified atom stereocenters. The lowest BCUT2D eigenvalue weighted by molar-refractivity contribution is 0.0709. The summed E-state index contributed by atoms with van der Waals surface area (Å²) in [5.41, 5.74) is 3.15. The first-order valence-corrected chi connectivity index (χ1v) is 11.2. The molecule has 1 amide bonds. The molecule has 1 fully saturated rings. The van der Waals surface area contributed by atoms with E-state index < -0.39 is 0 Å². The minimum atomic E-state index is -0.0350. The van der Waals surface area contributed by atoms with E-state index in [-0.39, 0.29) is 12.0 Å². The van der Waals surface area contributed by atoms with Crippen molar-refractivity contribution in [2.75, 3.05) is 44.7 Å². The van der Waals surface area contributed by atoms with Gasteiger partial charge in [0.25, 0.3) is 5.91 Å². The van der Waals surface area contributed by atoms with Gasteiger partial charge in [-0.3, -0.25) is 9.69 Å². The van der Waals surface area contributed by atoms with Crippen molar-refractivity contribution < 1.29 is 9.53 Å². The van der Waals surface area contributed by atoms with Gasteiger partial charge in [-0.05, 0) is 62.7 Å². The summed E-state index contributed by atoms with van der Waals surface area (Å²) in [5.74, 6) is 0.948. The lowest BCUT2D eigenvalue weighted by Gasteiger charge is -2.37. The van der Waals surface area contributed by atoms with Gasteiger partial charge in [0, 0.05) is 25.7 Å². The molecule has 1 saturated heterocycles. The maximum atomic E-state index is 13.0. The third kappa shape index (κ3) is 4.78. The van der Waals surface area contributed by atoms with Crippen molar-refractivity contribution >= 4 is 11.6 Å². The van der Waals surface area contributed by atoms with E-state index in [1.807, 2.05) is 37.4 Å². The van der Waals surface area contributed by atoms with E-state index >= 15 is 0 Å². The number of hydrogen-bond donors (Lipinski definition) is 0. The molecule has 30 heavy (non-hydrogen) atoms. The molecule has 0 aromatic heterocycles. The first-order valence-electron chi connectivity index (χ1n) is 11.2. The highest BCUT2D eigenvalue weighted by Crippen LogP contribution is 2.32. The molecule has 1 atom stereocenters. The molecule has 160 valence electrons. The number of ether oxygens (including phenoxy) is 1. The molecule has 2 aliphatic heterocycles. The molecular weight excluding hydrogens is 374 g/mol. The Morgan fingerprint density at radius 2 is 1.80 bits per heavy atom. The molecule has 5 heteroatoms. The quantitative estimate of drug-likeness (QED) is 0.724. The van der Waals surface area contributed by atoms with Gasteiger partial charge < -0.3 is 14.5 Å². The number of piperidine rings is 1. The van der Waals surface area contributed by atoms with Gasteiger partial charge in [-0.1, -0.05) is 30.7 Å². The number of likely N-dealkylation sites (tertiary alicyclic amines) is 1. The number of amides is 1. The van der Waals surface area contributed by atoms with E-state index in [1.165, 1.54) is 37.9 Å². The van der Waals surface area contributed by atoms with E-state index in [9.17, 15) is 4.79 Å². The largest absolute Gasteiger partial charge is 0.485 e. The molecule has 0 aliphatic carbocycles. The van der Waals surface area contributed by atoms with Gasteiger partial charge in [0.15, 0.2) is 0 Å². The molecule has 0 bridgehead atoms. The predicted octanol–water partition coefficient (Wildman–Crippen LogP) is 4.03. The van der Waals surface area contributed by atoms with Crippen molar-refractivity contribution in [3.05, 3.63) is 59.7 Å². The Hall–Kier alpha value is -2.53. The summed E-state index contributed by atoms with van der Waals surface area (Å²) in [6, 6.07) is 16.3. The molecule has 2 aromatic carbocycles. The standard InChI is InChI=1S/C25H33N3O2/c1-3-28-19-22(30-24-10-6-5-9-23(24)28)18-26(2)25(29)21-13-11-20(12-14-21)17-27-15-7-4-8-16-27/h5-6,9-14,22H,3-4,7-8,15-19H2,1-2H3. The number of likely N-dealkylation sites (N-methyl/N-ethyl adjacent to an activating group) is 2. The number of nitrogens with zero attached hydrogens (tertiary/aromatic N) is 3. The number of benzene rings is 2. The average molecular weight is 408 g/mol. The third-order valence-electron chi connectivity index (χ3n) is 6.19. The van der Waals surface area contributed by atoms with Gasteiger partial charge in [-0.15, -0.1) is 0 Å². The molecule has 2 heterocycles. The lowest BCUT2D eigenvalue weighted by atomic mass is 10.1. The van der Waals surface area contributed by atoms with Crippen LogP contribution in [0.4, 0.5) is 5.69 Å². The van der Waals surface area contributed by atoms with Gasteiger partial charge >= 0.3 is 0 Å². The molecule has 4 rings (SSSR count). The van der Waals surface area contributed by atoms with E-state index in [0.717, 1.165) is 36.6 Å². The molecule has 0 radical (unpaired) electrons. The summed E-state index contributed by atoms with van der Waals surface area (Å²) in [6.07, 6.45) is 3.91. The van der Waals surface area contributed by atoms with Crippen LogP contribution in [0.25, 0.3) is 0 Å². The number of anilines is 1. The van der Waals surface area contributed by atoms with Crippen LogP contribution in [-0.4, -0.2) is 61.6 Å². The highest BCUT2D eigenvalue weighted by molar-refractivity contribution is 5.94. The zero-order valence-electron chi connectivity index (χ0n) is 18.2. The highest BCUT2D eigenvalue weighted by atomic mass is 16.5. The van der Waals surface area contributed by atoms with Crippen molar-refractivity contribution in [1.82, 2.24) is 9.80 Å². The van der Waals surface area contributed by atoms with Crippen molar-refractivity contribution in [3.8, 4) is 5.75 Å². The second-order valence-electron chi connectivity index (χ2n) is 8.47. The van der Waals surface area contributed by atoms with Crippen LogP contribution < -0.4 is 9.64 Å². The average Bonchev–Trinajstić information content (AvgIpc) is 2.79. The Morgan fingerprint density at radius 1 is 1.07 bits per heavy atom. The van der Waals surface area contributed by atoms with Gasteiger partial charge in [0.05, 0.1) is 18.8 Å². The summed E-state index contributed by atoms with van der Waals surface area (Å²) in [4.78, 5) is 19.6. The summed E-state index contributed by atoms with van der Waals surface area (Å²) in [6.45, 7) is 7.78. The van der Waals surface area contributed by atoms with Gasteiger partial charge in [-0.2, -0.15) is 0 Å². The normalized spacial score (nSPS) is 19.1. The first kappa shape index (κ1) is 20.7. The Balaban J connectivity index is 1.35. The molecule has 0 spiro atoms. The molecule has 2 aromatic rings. The lowest BCUT2D eigenvalue weighted by Crippen LogP contribution is -2.46. The second-order valence-corrected chi connectivity index (χ2v) is 8.47. The highest BCUT2D eigenvalue weighted by Gasteiger charge is 2.27. The number of para-hydroxylation sites is 2. The van der Waals surface area contributed by atoms with Crippen LogP contribution in [0, 0.1) is 0 Å². The second kappa shape index (κ2) is 9.52. The summed E-state index contributed by atoms with van der Waals surface area (Å²) < 4.78 is 6.18. The maximum Gasteiger partial charge on any atom is 0.253 e. The predicted molar refractivity (Wildman–Crippen MR) is 121 cm³/mol. The van der Waals surface area contributed by atoms with Crippen LogP contribution in [0.5, 0.6) is 5.75 Å². The summed E-state index contributed by atoms with van der Waals surface area (Å²) in [5, 5.41) is 0. The van der Waals surface area contributed by atoms with Crippen LogP contribution in [-0.2, 0) is 6.54 Å². The minimum Gasteiger partial charge on any atom is -0.485 e. The molecular formula is C25H33N3O2. The van der Waals surface area contributed by atoms with E-state index in [2.05, 4.69) is 34.9 Å². The fourth-order valence-corrected chi connectivity index (χ4v) is 4.51. The SMILES string of the molecule is CCN1CC(CN(C)C(=O)c2ccc(CN3CCCCC3)cc2)Oc2ccccc21. The third-order valence-corrected chi connectivity index (χ3v) is 6.19. The monoisotopic (exact) mass is 407 g/mol. The zero-order valence-corrected chi connectivity index (χ0v) is 18.2. The number of hydrogen-bond acceptors (Lipinski definition) is 4. The Labute approximate surface area is 180 Å². The van der Waals surface area contributed by atoms with Crippen molar-refractivity contribution in [2.45, 2.75) is 38.8 Å². The molecule has 0 saturated carbocycles. The topological polar surface area (TPSA) is 36.0 Å².